The summed E-state index contributed by atoms with van der Waals surface area (Å²) in [6.07, 6.45) is 3.92. The second kappa shape index (κ2) is 14.6. The van der Waals surface area contributed by atoms with E-state index in [1.807, 2.05) is 19.1 Å². The van der Waals surface area contributed by atoms with Crippen LogP contribution in [0, 0.1) is 17.8 Å². The minimum Gasteiger partial charge on any atom is -0.488 e. The van der Waals surface area contributed by atoms with Crippen molar-refractivity contribution in [2.45, 2.75) is 32.2 Å². The normalized spacial score (nSPS) is 28.3. The number of amides is 2. The highest BCUT2D eigenvalue weighted by molar-refractivity contribution is 6.02. The number of hydrogen-bond donors (Lipinski definition) is 1. The van der Waals surface area contributed by atoms with Crippen molar-refractivity contribution in [3.63, 3.8) is 0 Å². The Balaban J connectivity index is 1.11. The molecule has 5 aliphatic heterocycles. The molecule has 12 nitrogen and oxygen atoms in total. The highest BCUT2D eigenvalue weighted by Gasteiger charge is 2.61. The van der Waals surface area contributed by atoms with Crippen LogP contribution in [0.15, 0.2) is 79.0 Å². The smallest absolute Gasteiger partial charge is 0.355 e. The van der Waals surface area contributed by atoms with E-state index in [1.54, 1.807) is 6.92 Å². The lowest BCUT2D eigenvalue weighted by molar-refractivity contribution is -1.08. The first kappa shape index (κ1) is 36.6. The number of carbonyl (C=O) groups is 4. The van der Waals surface area contributed by atoms with Crippen LogP contribution in [0.1, 0.15) is 37.3 Å². The molecule has 8 rings (SSSR count). The highest BCUT2D eigenvalue weighted by atomic mass is 17.2. The predicted octanol–water partition coefficient (Wildman–Crippen LogP) is 3.47. The maximum absolute atomic E-state index is 13.6. The summed E-state index contributed by atoms with van der Waals surface area (Å²) < 4.78 is 14.0. The fourth-order valence-electron chi connectivity index (χ4n) is 9.57. The Morgan fingerprint density at radius 1 is 0.962 bits per heavy atom. The van der Waals surface area contributed by atoms with Crippen LogP contribution in [-0.4, -0.2) is 116 Å². The third kappa shape index (κ3) is 6.46. The van der Waals surface area contributed by atoms with Gasteiger partial charge in [0.15, 0.2) is 6.54 Å². The molecule has 0 aromatic heterocycles. The third-order valence-corrected chi connectivity index (χ3v) is 12.5. The summed E-state index contributed by atoms with van der Waals surface area (Å²) in [6.45, 7) is 18.5. The van der Waals surface area contributed by atoms with E-state index in [0.717, 1.165) is 72.3 Å². The number of benzene rings is 2. The van der Waals surface area contributed by atoms with Crippen molar-refractivity contribution in [1.82, 2.24) is 4.90 Å². The summed E-state index contributed by atoms with van der Waals surface area (Å²) in [5.41, 5.74) is 11.1. The van der Waals surface area contributed by atoms with Crippen LogP contribution in [0.3, 0.4) is 0 Å². The van der Waals surface area contributed by atoms with Crippen molar-refractivity contribution < 1.29 is 47.4 Å². The Kier molecular flexibility index (Phi) is 10.1. The predicted molar refractivity (Wildman–Crippen MR) is 195 cm³/mol. The van der Waals surface area contributed by atoms with E-state index in [1.165, 1.54) is 28.2 Å². The van der Waals surface area contributed by atoms with Gasteiger partial charge in [-0.05, 0) is 22.8 Å². The maximum Gasteiger partial charge on any atom is 0.355 e. The highest BCUT2D eigenvalue weighted by Crippen LogP contribution is 2.52. The molecule has 2 aromatic carbocycles. The number of ether oxygens (including phenoxy) is 2. The minimum absolute atomic E-state index is 0.0118. The number of quaternary nitrogens is 2. The molecule has 0 spiro atoms. The number of fused-ring (bicyclic) bond motifs is 7. The van der Waals surface area contributed by atoms with Crippen LogP contribution in [0.4, 0.5) is 0 Å². The average molecular weight is 727 g/mol. The monoisotopic (exact) mass is 726 g/mol. The molecule has 6 aliphatic rings. The topological polar surface area (TPSA) is 134 Å². The minimum atomic E-state index is -0.801. The quantitative estimate of drug-likeness (QED) is 0.0529. The number of hydrogen-bond acceptors (Lipinski definition) is 8. The van der Waals surface area contributed by atoms with E-state index in [2.05, 4.69) is 43.5 Å². The van der Waals surface area contributed by atoms with Crippen molar-refractivity contribution in [1.29, 1.82) is 0 Å². The van der Waals surface area contributed by atoms with Gasteiger partial charge in [-0.3, -0.25) is 14.5 Å². The number of nitrogens with two attached hydrogens (primary N) is 1. The lowest BCUT2D eigenvalue weighted by Crippen LogP contribution is -2.76. The molecule has 0 saturated carbocycles. The zero-order valence-corrected chi connectivity index (χ0v) is 30.7. The van der Waals surface area contributed by atoms with Crippen LogP contribution in [0.25, 0.3) is 11.1 Å². The fraction of sp³-hybridized carbons (Fsp3) is 0.463. The lowest BCUT2D eigenvalue weighted by atomic mass is 9.74. The molecule has 5 heterocycles. The van der Waals surface area contributed by atoms with Crippen molar-refractivity contribution in [3.05, 3.63) is 90.2 Å². The Morgan fingerprint density at radius 2 is 1.64 bits per heavy atom. The Labute approximate surface area is 310 Å². The van der Waals surface area contributed by atoms with Crippen molar-refractivity contribution in [2.75, 3.05) is 72.2 Å². The Bertz CT molecular complexity index is 1850. The van der Waals surface area contributed by atoms with Gasteiger partial charge in [-0.1, -0.05) is 69.0 Å². The van der Waals surface area contributed by atoms with Gasteiger partial charge in [-0.15, -0.1) is 6.58 Å². The van der Waals surface area contributed by atoms with Gasteiger partial charge in [0.25, 0.3) is 5.91 Å². The van der Waals surface area contributed by atoms with E-state index in [9.17, 15) is 19.2 Å². The Morgan fingerprint density at radius 3 is 2.34 bits per heavy atom. The first-order chi connectivity index (χ1) is 25.5. The SMILES string of the molecule is C=CCOOC(=O)C(C)C1C(=O)N2C(C(=O)OCC=C)=C(COc3cccc4c3-c3ccccc3C4CC[N+]34CC[N+](CC(N)=O)(CC3)CC4)[C@H](C)C12. The molecule has 4 unspecified atom stereocenters. The first-order valence-corrected chi connectivity index (χ1v) is 18.7. The van der Waals surface area contributed by atoms with Gasteiger partial charge >= 0.3 is 11.9 Å². The standard InChI is InChI=1S/C41H49N4O8/c1-5-22-50-41(49)38-32(26(3)37-35(39(47)43(37)38)27(4)40(48)53-52-23-6-2)25-51-33-13-9-12-31-29(28-10-7-8-11-30(28)36(31)33)14-15-44-16-19-45(20-17-44,21-18-44)24-34(42)46/h5-13,26-27,29,35,37H,1-2,14-25H2,3-4H3,(H-,42,46)/q+1/p+1/t26-,27?,29?,35?,37?,44?,45?/m0/s1. The zero-order chi connectivity index (χ0) is 37.5. The summed E-state index contributed by atoms with van der Waals surface area (Å²) in [5, 5.41) is 0. The fourth-order valence-corrected chi connectivity index (χ4v) is 9.57. The maximum atomic E-state index is 13.6. The van der Waals surface area contributed by atoms with Gasteiger partial charge in [0.1, 0.15) is 70.5 Å². The zero-order valence-electron chi connectivity index (χ0n) is 30.7. The molecule has 4 saturated heterocycles. The van der Waals surface area contributed by atoms with E-state index in [0.29, 0.717) is 17.9 Å². The molecule has 5 atom stereocenters. The van der Waals surface area contributed by atoms with Gasteiger partial charge in [0.2, 0.25) is 5.91 Å². The Hall–Kier alpha value is -4.78. The lowest BCUT2D eigenvalue weighted by Gasteiger charge is -2.55. The number of piperazine rings is 3. The molecule has 1 aliphatic carbocycles. The van der Waals surface area contributed by atoms with Gasteiger partial charge in [-0.25, -0.2) is 9.59 Å². The van der Waals surface area contributed by atoms with Crippen molar-refractivity contribution in [3.8, 4) is 16.9 Å². The second-order valence-electron chi connectivity index (χ2n) is 15.3. The van der Waals surface area contributed by atoms with Crippen LogP contribution in [-0.2, 0) is 33.7 Å². The van der Waals surface area contributed by atoms with Gasteiger partial charge < -0.3 is 29.1 Å². The second-order valence-corrected chi connectivity index (χ2v) is 15.3. The largest absolute Gasteiger partial charge is 0.488 e. The molecular weight excluding hydrogens is 676 g/mol. The summed E-state index contributed by atoms with van der Waals surface area (Å²) in [5.74, 6) is -2.74. The van der Waals surface area contributed by atoms with Crippen LogP contribution >= 0.6 is 0 Å². The van der Waals surface area contributed by atoms with E-state index in [-0.39, 0.29) is 49.2 Å². The molecular formula is C41H50N4O8+2. The summed E-state index contributed by atoms with van der Waals surface area (Å²) >= 11 is 0. The van der Waals surface area contributed by atoms with Crippen LogP contribution in [0.2, 0.25) is 0 Å². The van der Waals surface area contributed by atoms with E-state index < -0.39 is 29.8 Å². The van der Waals surface area contributed by atoms with Crippen LogP contribution < -0.4 is 10.5 Å². The summed E-state index contributed by atoms with van der Waals surface area (Å²) in [4.78, 5) is 62.9. The molecule has 4 fully saturated rings. The number of esters is 1. The molecule has 53 heavy (non-hydrogen) atoms. The molecule has 2 bridgehead atoms. The van der Waals surface area contributed by atoms with Crippen molar-refractivity contribution >= 4 is 23.8 Å². The van der Waals surface area contributed by atoms with Gasteiger partial charge in [0.05, 0.1) is 24.4 Å². The number of primary amides is 1. The average Bonchev–Trinajstić information content (AvgIpc) is 3.61. The molecule has 2 aromatic rings. The molecule has 2 amide bonds. The first-order valence-electron chi connectivity index (χ1n) is 18.7. The third-order valence-electron chi connectivity index (χ3n) is 12.5. The number of β-lactam (4-membered cyclic amide) rings is 1. The van der Waals surface area contributed by atoms with Crippen LogP contribution in [0.5, 0.6) is 5.75 Å². The molecule has 280 valence electrons. The number of carbonyl (C=O) groups excluding carboxylic acids is 4. The number of nitrogens with zero attached hydrogens (tertiary/aromatic N) is 3. The number of rotatable bonds is 16. The summed E-state index contributed by atoms with van der Waals surface area (Å²) in [6, 6.07) is 14.2. The molecule has 0 radical (unpaired) electrons. The van der Waals surface area contributed by atoms with Gasteiger partial charge in [-0.2, -0.15) is 4.89 Å². The molecule has 12 heteroatoms. The summed E-state index contributed by atoms with van der Waals surface area (Å²) in [7, 11) is 0. The van der Waals surface area contributed by atoms with Gasteiger partial charge in [0, 0.05) is 29.4 Å². The van der Waals surface area contributed by atoms with E-state index in [4.69, 9.17) is 25.0 Å². The molecule has 2 N–H and O–H groups in total. The van der Waals surface area contributed by atoms with E-state index >= 15 is 0 Å². The van der Waals surface area contributed by atoms with Crippen molar-refractivity contribution in [2.24, 2.45) is 23.5 Å².